The molecule has 1 aliphatic heterocycles. The van der Waals surface area contributed by atoms with Gasteiger partial charge in [-0.25, -0.2) is 0 Å². The van der Waals surface area contributed by atoms with Gasteiger partial charge in [0.05, 0.1) is 19.8 Å². The van der Waals surface area contributed by atoms with Crippen LogP contribution in [-0.2, 0) is 14.2 Å². The number of rotatable bonds is 3. The van der Waals surface area contributed by atoms with Gasteiger partial charge in [0.15, 0.2) is 0 Å². The molecule has 1 aliphatic rings. The van der Waals surface area contributed by atoms with E-state index in [0.717, 1.165) is 0 Å². The van der Waals surface area contributed by atoms with Gasteiger partial charge in [-0.15, -0.1) is 0 Å². The molecular weight excluding hydrogens is 184 g/mol. The van der Waals surface area contributed by atoms with E-state index in [1.54, 1.807) is 6.92 Å². The Bertz CT molecular complexity index is 218. The summed E-state index contributed by atoms with van der Waals surface area (Å²) in [7, 11) is 0. The van der Waals surface area contributed by atoms with Gasteiger partial charge in [0.2, 0.25) is 5.90 Å². The molecule has 0 amide bonds. The molecule has 1 rings (SSSR count). The second-order valence-electron chi connectivity index (χ2n) is 3.13. The van der Waals surface area contributed by atoms with Crippen molar-refractivity contribution >= 4 is 5.90 Å². The summed E-state index contributed by atoms with van der Waals surface area (Å²) in [5.41, 5.74) is 5.94. The monoisotopic (exact) mass is 200 g/mol. The zero-order chi connectivity index (χ0) is 10.4. The Hall–Kier alpha value is -1.07. The van der Waals surface area contributed by atoms with E-state index in [0.29, 0.717) is 32.1 Å². The maximum atomic E-state index is 7.36. The molecule has 5 heteroatoms. The zero-order valence-electron chi connectivity index (χ0n) is 8.29. The number of nitrogens with one attached hydrogen (secondary N) is 1. The quantitative estimate of drug-likeness (QED) is 0.506. The van der Waals surface area contributed by atoms with Gasteiger partial charge in [-0.2, -0.15) is 0 Å². The van der Waals surface area contributed by atoms with E-state index in [1.807, 2.05) is 0 Å². The van der Waals surface area contributed by atoms with Crippen LogP contribution in [-0.4, -0.2) is 38.4 Å². The van der Waals surface area contributed by atoms with Gasteiger partial charge in [0, 0.05) is 11.8 Å². The summed E-state index contributed by atoms with van der Waals surface area (Å²) >= 11 is 0. The number of allylic oxidation sites excluding steroid dienone is 1. The minimum absolute atomic E-state index is 0.0548. The number of hydrogen-bond acceptors (Lipinski definition) is 5. The largest absolute Gasteiger partial charge is 0.475 e. The molecule has 1 saturated heterocycles. The highest BCUT2D eigenvalue weighted by molar-refractivity contribution is 5.85. The molecule has 0 aromatic heterocycles. The fraction of sp³-hybridized carbons (Fsp3) is 0.667. The van der Waals surface area contributed by atoms with Gasteiger partial charge in [0.1, 0.15) is 12.7 Å². The fourth-order valence-corrected chi connectivity index (χ4v) is 1.06. The van der Waals surface area contributed by atoms with Crippen molar-refractivity contribution in [1.29, 1.82) is 5.41 Å². The summed E-state index contributed by atoms with van der Waals surface area (Å²) in [6.45, 7) is 3.79. The van der Waals surface area contributed by atoms with E-state index < -0.39 is 0 Å². The number of ether oxygens (including phenoxy) is 3. The second kappa shape index (κ2) is 5.62. The van der Waals surface area contributed by atoms with Gasteiger partial charge >= 0.3 is 0 Å². The van der Waals surface area contributed by atoms with E-state index >= 15 is 0 Å². The first-order chi connectivity index (χ1) is 6.68. The summed E-state index contributed by atoms with van der Waals surface area (Å²) in [6.07, 6.45) is 1.39. The Balaban J connectivity index is 2.19. The molecular formula is C9H16N2O3. The second-order valence-corrected chi connectivity index (χ2v) is 3.13. The van der Waals surface area contributed by atoms with Crippen molar-refractivity contribution < 1.29 is 14.2 Å². The normalized spacial score (nSPS) is 23.2. The average Bonchev–Trinajstić information content (AvgIpc) is 2.15. The van der Waals surface area contributed by atoms with Crippen molar-refractivity contribution in [3.8, 4) is 0 Å². The lowest BCUT2D eigenvalue weighted by atomic mass is 10.4. The molecule has 0 spiro atoms. The Morgan fingerprint density at radius 1 is 1.64 bits per heavy atom. The lowest BCUT2D eigenvalue weighted by molar-refractivity contribution is -0.103. The Morgan fingerprint density at radius 2 is 2.43 bits per heavy atom. The molecule has 14 heavy (non-hydrogen) atoms. The highest BCUT2D eigenvalue weighted by Crippen LogP contribution is 2.01. The first-order valence-electron chi connectivity index (χ1n) is 4.53. The number of nitrogens with two attached hydrogens (primary N) is 1. The molecule has 5 nitrogen and oxygen atoms in total. The molecule has 0 aromatic carbocycles. The van der Waals surface area contributed by atoms with Crippen molar-refractivity contribution in [3.63, 3.8) is 0 Å². The minimum Gasteiger partial charge on any atom is -0.475 e. The molecule has 1 atom stereocenters. The molecule has 3 N–H and O–H groups in total. The third-order valence-corrected chi connectivity index (χ3v) is 1.67. The first-order valence-corrected chi connectivity index (χ1v) is 4.53. The summed E-state index contributed by atoms with van der Waals surface area (Å²) in [6, 6.07) is 0. The minimum atomic E-state index is -0.0735. The van der Waals surface area contributed by atoms with Crippen LogP contribution in [0.5, 0.6) is 0 Å². The van der Waals surface area contributed by atoms with Gasteiger partial charge in [-0.1, -0.05) is 0 Å². The third-order valence-electron chi connectivity index (χ3n) is 1.67. The molecule has 0 radical (unpaired) electrons. The van der Waals surface area contributed by atoms with Gasteiger partial charge in [-0.3, -0.25) is 5.41 Å². The van der Waals surface area contributed by atoms with Gasteiger partial charge in [0.25, 0.3) is 0 Å². The van der Waals surface area contributed by atoms with Crippen LogP contribution in [0.4, 0.5) is 0 Å². The highest BCUT2D eigenvalue weighted by Gasteiger charge is 2.14. The lowest BCUT2D eigenvalue weighted by Gasteiger charge is -2.22. The fourth-order valence-electron chi connectivity index (χ4n) is 1.06. The molecule has 80 valence electrons. The van der Waals surface area contributed by atoms with Crippen LogP contribution in [0.25, 0.3) is 0 Å². The molecule has 0 saturated carbocycles. The number of hydrogen-bond donors (Lipinski definition) is 2. The van der Waals surface area contributed by atoms with E-state index in [-0.39, 0.29) is 12.0 Å². The van der Waals surface area contributed by atoms with Crippen LogP contribution in [0.1, 0.15) is 6.92 Å². The molecule has 1 fully saturated rings. The van der Waals surface area contributed by atoms with E-state index in [4.69, 9.17) is 25.4 Å². The van der Waals surface area contributed by atoms with Gasteiger partial charge in [-0.05, 0) is 6.92 Å². The van der Waals surface area contributed by atoms with E-state index in [9.17, 15) is 0 Å². The zero-order valence-corrected chi connectivity index (χ0v) is 8.29. The topological polar surface area (TPSA) is 77.6 Å². The predicted molar refractivity (Wildman–Crippen MR) is 52.2 cm³/mol. The standard InChI is InChI=1S/C9H16N2O3/c1-7(10)4-9(11)14-6-8-5-12-2-3-13-8/h4,8,11H,2-3,5-6,10H2,1H3/b7-4-,11-9?. The van der Waals surface area contributed by atoms with Crippen LogP contribution in [0.3, 0.4) is 0 Å². The van der Waals surface area contributed by atoms with Crippen molar-refractivity contribution in [2.75, 3.05) is 26.4 Å². The summed E-state index contributed by atoms with van der Waals surface area (Å²) in [4.78, 5) is 0. The highest BCUT2D eigenvalue weighted by atomic mass is 16.6. The molecule has 0 aromatic rings. The van der Waals surface area contributed by atoms with Crippen molar-refractivity contribution in [3.05, 3.63) is 11.8 Å². The molecule has 0 aliphatic carbocycles. The summed E-state index contributed by atoms with van der Waals surface area (Å²) in [5.74, 6) is 0.0548. The lowest BCUT2D eigenvalue weighted by Crippen LogP contribution is -2.33. The maximum Gasteiger partial charge on any atom is 0.207 e. The first kappa shape index (κ1) is 11.0. The predicted octanol–water partition coefficient (Wildman–Crippen LogP) is 0.258. The van der Waals surface area contributed by atoms with Crippen LogP contribution in [0, 0.1) is 5.41 Å². The van der Waals surface area contributed by atoms with Crippen LogP contribution in [0.2, 0.25) is 0 Å². The summed E-state index contributed by atoms with van der Waals surface area (Å²) in [5, 5.41) is 7.36. The van der Waals surface area contributed by atoms with E-state index in [1.165, 1.54) is 6.08 Å². The Kier molecular flexibility index (Phi) is 4.42. The average molecular weight is 200 g/mol. The maximum absolute atomic E-state index is 7.36. The van der Waals surface area contributed by atoms with Crippen molar-refractivity contribution in [1.82, 2.24) is 0 Å². The third kappa shape index (κ3) is 4.25. The SMILES string of the molecule is C/C(N)=C/C(=N)OCC1COCCO1. The van der Waals surface area contributed by atoms with E-state index in [2.05, 4.69) is 0 Å². The van der Waals surface area contributed by atoms with Crippen LogP contribution in [0.15, 0.2) is 11.8 Å². The van der Waals surface area contributed by atoms with Crippen LogP contribution >= 0.6 is 0 Å². The van der Waals surface area contributed by atoms with Crippen molar-refractivity contribution in [2.45, 2.75) is 13.0 Å². The smallest absolute Gasteiger partial charge is 0.207 e. The Labute approximate surface area is 83.3 Å². The van der Waals surface area contributed by atoms with Gasteiger partial charge < -0.3 is 19.9 Å². The molecule has 1 unspecified atom stereocenters. The van der Waals surface area contributed by atoms with Crippen LogP contribution < -0.4 is 5.73 Å². The summed E-state index contributed by atoms with van der Waals surface area (Å²) < 4.78 is 15.6. The van der Waals surface area contributed by atoms with Crippen molar-refractivity contribution in [2.24, 2.45) is 5.73 Å². The Morgan fingerprint density at radius 3 is 3.00 bits per heavy atom. The molecule has 1 heterocycles. The molecule has 0 bridgehead atoms.